The summed E-state index contributed by atoms with van der Waals surface area (Å²) in [7, 11) is 0. The van der Waals surface area contributed by atoms with Crippen molar-refractivity contribution < 1.29 is 14.6 Å². The highest BCUT2D eigenvalue weighted by Gasteiger charge is 2.09. The van der Waals surface area contributed by atoms with E-state index in [-0.39, 0.29) is 5.75 Å². The lowest BCUT2D eigenvalue weighted by atomic mass is 10.2. The molecule has 0 aliphatic carbocycles. The third-order valence-corrected chi connectivity index (χ3v) is 3.18. The Labute approximate surface area is 96.1 Å². The first-order chi connectivity index (χ1) is 7.68. The Kier molecular flexibility index (Phi) is 2.96. The van der Waals surface area contributed by atoms with Gasteiger partial charge in [-0.1, -0.05) is 12.1 Å². The molecular formula is C11H9NO3S. The zero-order valence-electron chi connectivity index (χ0n) is 8.29. The zero-order valence-corrected chi connectivity index (χ0v) is 9.11. The number of fused-ring (bicyclic) bond motifs is 1. The molecule has 16 heavy (non-hydrogen) atoms. The van der Waals surface area contributed by atoms with Crippen molar-refractivity contribution in [1.82, 2.24) is 0 Å². The quantitative estimate of drug-likeness (QED) is 0.499. The summed E-state index contributed by atoms with van der Waals surface area (Å²) in [6.07, 6.45) is 1.40. The molecule has 0 saturated heterocycles. The number of benzene rings is 1. The SMILES string of the molecule is O=C(O)CSc1cc[n+]([O-])c2ccccc12. The summed E-state index contributed by atoms with van der Waals surface area (Å²) in [5.41, 5.74) is 0.554. The molecule has 0 fully saturated rings. The molecule has 2 aromatic rings. The van der Waals surface area contributed by atoms with Crippen LogP contribution in [0.25, 0.3) is 10.9 Å². The van der Waals surface area contributed by atoms with Gasteiger partial charge in [0, 0.05) is 17.0 Å². The van der Waals surface area contributed by atoms with Crippen molar-refractivity contribution in [2.24, 2.45) is 0 Å². The maximum atomic E-state index is 11.5. The van der Waals surface area contributed by atoms with Crippen LogP contribution in [0, 0.1) is 5.21 Å². The molecule has 4 nitrogen and oxygen atoms in total. The molecule has 82 valence electrons. The fourth-order valence-electron chi connectivity index (χ4n) is 1.45. The van der Waals surface area contributed by atoms with E-state index >= 15 is 0 Å². The fraction of sp³-hybridized carbons (Fsp3) is 0.0909. The average Bonchev–Trinajstić information content (AvgIpc) is 2.28. The van der Waals surface area contributed by atoms with Crippen molar-refractivity contribution >= 4 is 28.6 Å². The lowest BCUT2D eigenvalue weighted by Crippen LogP contribution is -2.26. The molecule has 0 radical (unpaired) electrons. The van der Waals surface area contributed by atoms with Gasteiger partial charge in [-0.15, -0.1) is 11.8 Å². The van der Waals surface area contributed by atoms with Crippen LogP contribution in [-0.4, -0.2) is 16.8 Å². The van der Waals surface area contributed by atoms with Crippen LogP contribution in [-0.2, 0) is 4.79 Å². The predicted molar refractivity (Wildman–Crippen MR) is 61.3 cm³/mol. The lowest BCUT2D eigenvalue weighted by Gasteiger charge is -2.05. The van der Waals surface area contributed by atoms with E-state index in [9.17, 15) is 10.0 Å². The van der Waals surface area contributed by atoms with Crippen molar-refractivity contribution in [2.45, 2.75) is 4.90 Å². The maximum absolute atomic E-state index is 11.5. The van der Waals surface area contributed by atoms with Crippen molar-refractivity contribution in [2.75, 3.05) is 5.75 Å². The summed E-state index contributed by atoms with van der Waals surface area (Å²) in [4.78, 5) is 11.3. The Bertz CT molecular complexity index is 542. The number of hydrogen-bond acceptors (Lipinski definition) is 3. The van der Waals surface area contributed by atoms with Gasteiger partial charge in [-0.3, -0.25) is 4.79 Å². The summed E-state index contributed by atoms with van der Waals surface area (Å²) in [5, 5.41) is 20.9. The van der Waals surface area contributed by atoms with E-state index in [0.29, 0.717) is 5.52 Å². The molecule has 0 atom stereocenters. The van der Waals surface area contributed by atoms with Crippen LogP contribution in [0.4, 0.5) is 0 Å². The molecular weight excluding hydrogens is 226 g/mol. The minimum absolute atomic E-state index is 0.00708. The lowest BCUT2D eigenvalue weighted by molar-refractivity contribution is -0.577. The minimum Gasteiger partial charge on any atom is -0.618 e. The van der Waals surface area contributed by atoms with Crippen LogP contribution < -0.4 is 4.73 Å². The summed E-state index contributed by atoms with van der Waals surface area (Å²) < 4.78 is 0.778. The van der Waals surface area contributed by atoms with Crippen LogP contribution in [0.15, 0.2) is 41.4 Å². The molecule has 1 N–H and O–H groups in total. The molecule has 0 amide bonds. The second kappa shape index (κ2) is 4.40. The molecule has 1 aromatic heterocycles. The Hall–Kier alpha value is -1.75. The van der Waals surface area contributed by atoms with E-state index in [0.717, 1.165) is 15.0 Å². The third kappa shape index (κ3) is 2.09. The summed E-state index contributed by atoms with van der Waals surface area (Å²) in [6, 6.07) is 8.78. The number of hydrogen-bond donors (Lipinski definition) is 1. The Balaban J connectivity index is 2.46. The van der Waals surface area contributed by atoms with Gasteiger partial charge in [-0.2, -0.15) is 4.73 Å². The van der Waals surface area contributed by atoms with Crippen LogP contribution >= 0.6 is 11.8 Å². The molecule has 0 spiro atoms. The molecule has 5 heteroatoms. The van der Waals surface area contributed by atoms with Gasteiger partial charge in [0.1, 0.15) is 0 Å². The van der Waals surface area contributed by atoms with Crippen LogP contribution in [0.5, 0.6) is 0 Å². The highest BCUT2D eigenvalue weighted by Crippen LogP contribution is 2.25. The maximum Gasteiger partial charge on any atom is 0.313 e. The smallest absolute Gasteiger partial charge is 0.313 e. The van der Waals surface area contributed by atoms with Gasteiger partial charge in [0.15, 0.2) is 6.20 Å². The summed E-state index contributed by atoms with van der Waals surface area (Å²) >= 11 is 1.21. The number of carboxylic acid groups (broad SMARTS) is 1. The van der Waals surface area contributed by atoms with E-state index in [4.69, 9.17) is 5.11 Å². The highest BCUT2D eigenvalue weighted by molar-refractivity contribution is 8.00. The van der Waals surface area contributed by atoms with E-state index in [1.54, 1.807) is 18.2 Å². The third-order valence-electron chi connectivity index (χ3n) is 2.12. The topological polar surface area (TPSA) is 64.2 Å². The van der Waals surface area contributed by atoms with Crippen molar-refractivity contribution in [1.29, 1.82) is 0 Å². The van der Waals surface area contributed by atoms with Crippen LogP contribution in [0.2, 0.25) is 0 Å². The van der Waals surface area contributed by atoms with Gasteiger partial charge in [0.2, 0.25) is 5.52 Å². The number of carbonyl (C=O) groups is 1. The molecule has 1 aromatic carbocycles. The Morgan fingerprint density at radius 3 is 2.88 bits per heavy atom. The number of rotatable bonds is 3. The normalized spacial score (nSPS) is 10.5. The van der Waals surface area contributed by atoms with Crippen molar-refractivity contribution in [3.05, 3.63) is 41.7 Å². The van der Waals surface area contributed by atoms with Gasteiger partial charge >= 0.3 is 5.97 Å². The van der Waals surface area contributed by atoms with Crippen LogP contribution in [0.3, 0.4) is 0 Å². The van der Waals surface area contributed by atoms with Crippen molar-refractivity contribution in [3.8, 4) is 0 Å². The number of thioether (sulfide) groups is 1. The number of nitrogens with zero attached hydrogens (tertiary/aromatic N) is 1. The predicted octanol–water partition coefficient (Wildman–Crippen LogP) is 1.65. The standard InChI is InChI=1S/C11H9NO3S/c13-11(14)7-16-10-5-6-12(15)9-4-2-1-3-8(9)10/h1-6H,7H2,(H,13,14). The Morgan fingerprint density at radius 2 is 2.12 bits per heavy atom. The first kappa shape index (κ1) is 10.8. The van der Waals surface area contributed by atoms with Crippen LogP contribution in [0.1, 0.15) is 0 Å². The second-order valence-electron chi connectivity index (χ2n) is 3.21. The van der Waals surface area contributed by atoms with Gasteiger partial charge < -0.3 is 10.3 Å². The average molecular weight is 235 g/mol. The molecule has 0 unspecified atom stereocenters. The van der Waals surface area contributed by atoms with E-state index < -0.39 is 5.97 Å². The highest BCUT2D eigenvalue weighted by atomic mass is 32.2. The molecule has 0 aliphatic heterocycles. The number of aliphatic carboxylic acids is 1. The number of carboxylic acids is 1. The second-order valence-corrected chi connectivity index (χ2v) is 4.22. The van der Waals surface area contributed by atoms with E-state index in [2.05, 4.69) is 0 Å². The largest absolute Gasteiger partial charge is 0.618 e. The first-order valence-electron chi connectivity index (χ1n) is 4.64. The first-order valence-corrected chi connectivity index (χ1v) is 5.62. The van der Waals surface area contributed by atoms with Gasteiger partial charge in [0.05, 0.1) is 11.1 Å². The van der Waals surface area contributed by atoms with E-state index in [1.165, 1.54) is 18.0 Å². The molecule has 1 heterocycles. The van der Waals surface area contributed by atoms with Gasteiger partial charge in [-0.25, -0.2) is 0 Å². The number of aromatic nitrogens is 1. The van der Waals surface area contributed by atoms with Crippen molar-refractivity contribution in [3.63, 3.8) is 0 Å². The number of para-hydroxylation sites is 1. The molecule has 0 saturated carbocycles. The summed E-state index contributed by atoms with van der Waals surface area (Å²) in [6.45, 7) is 0. The molecule has 0 aliphatic rings. The zero-order chi connectivity index (χ0) is 11.5. The minimum atomic E-state index is -0.868. The summed E-state index contributed by atoms with van der Waals surface area (Å²) in [5.74, 6) is -0.875. The van der Waals surface area contributed by atoms with Gasteiger partial charge in [-0.05, 0) is 6.07 Å². The van der Waals surface area contributed by atoms with Gasteiger partial charge in [0.25, 0.3) is 0 Å². The molecule has 0 bridgehead atoms. The molecule has 2 rings (SSSR count). The number of pyridine rings is 1. The Morgan fingerprint density at radius 1 is 1.38 bits per heavy atom. The monoisotopic (exact) mass is 235 g/mol. The fourth-order valence-corrected chi connectivity index (χ4v) is 2.21. The van der Waals surface area contributed by atoms with E-state index in [1.807, 2.05) is 12.1 Å².